The van der Waals surface area contributed by atoms with E-state index >= 15 is 0 Å². The third-order valence-electron chi connectivity index (χ3n) is 3.43. The van der Waals surface area contributed by atoms with Gasteiger partial charge in [0.1, 0.15) is 11.6 Å². The number of alkyl halides is 2. The third kappa shape index (κ3) is 5.69. The van der Waals surface area contributed by atoms with Gasteiger partial charge in [0.2, 0.25) is 0 Å². The van der Waals surface area contributed by atoms with Crippen LogP contribution in [0.3, 0.4) is 0 Å². The number of halogens is 3. The van der Waals surface area contributed by atoms with Crippen LogP contribution in [0.2, 0.25) is 5.02 Å². The number of nitrogens with one attached hydrogen (secondary N) is 1. The zero-order chi connectivity index (χ0) is 19.8. The van der Waals surface area contributed by atoms with Crippen molar-refractivity contribution in [1.82, 2.24) is 5.32 Å². The molecule has 1 N–H and O–H groups in total. The van der Waals surface area contributed by atoms with E-state index in [1.165, 1.54) is 25.3 Å². The van der Waals surface area contributed by atoms with E-state index in [2.05, 4.69) is 10.1 Å². The largest absolute Gasteiger partial charge is 0.493 e. The second-order valence-electron chi connectivity index (χ2n) is 5.25. The molecule has 0 radical (unpaired) electrons. The fourth-order valence-electron chi connectivity index (χ4n) is 2.22. The molecule has 2 rings (SSSR count). The summed E-state index contributed by atoms with van der Waals surface area (Å²) in [5, 5.41) is 11.8. The summed E-state index contributed by atoms with van der Waals surface area (Å²) < 4.78 is 34.3. The van der Waals surface area contributed by atoms with Crippen LogP contribution in [0.25, 0.3) is 6.08 Å². The maximum absolute atomic E-state index is 12.5. The van der Waals surface area contributed by atoms with Gasteiger partial charge in [-0.1, -0.05) is 41.9 Å². The van der Waals surface area contributed by atoms with Gasteiger partial charge in [0.15, 0.2) is 11.5 Å². The number of carbonyl (C=O) groups is 1. The summed E-state index contributed by atoms with van der Waals surface area (Å²) in [6, 6.07) is 13.6. The molecule has 0 saturated heterocycles. The first-order valence-corrected chi connectivity index (χ1v) is 8.08. The molecule has 0 aromatic heterocycles. The first-order chi connectivity index (χ1) is 12.9. The SMILES string of the molecule is COc1cc(/C=C(\C#N)C(=O)NCc2ccccc2)cc(Cl)c1OC(F)F. The Morgan fingerprint density at radius 2 is 2.04 bits per heavy atom. The molecule has 0 unspecified atom stereocenters. The maximum atomic E-state index is 12.5. The Bertz CT molecular complexity index is 881. The molecule has 27 heavy (non-hydrogen) atoms. The Kier molecular flexibility index (Phi) is 7.15. The highest BCUT2D eigenvalue weighted by Crippen LogP contribution is 2.37. The van der Waals surface area contributed by atoms with Crippen LogP contribution in [0.1, 0.15) is 11.1 Å². The fraction of sp³-hybridized carbons (Fsp3) is 0.158. The van der Waals surface area contributed by atoms with Crippen molar-refractivity contribution >= 4 is 23.6 Å². The number of nitriles is 1. The van der Waals surface area contributed by atoms with Crippen molar-refractivity contribution in [2.45, 2.75) is 13.2 Å². The van der Waals surface area contributed by atoms with E-state index in [4.69, 9.17) is 16.3 Å². The zero-order valence-corrected chi connectivity index (χ0v) is 15.0. The van der Waals surface area contributed by atoms with E-state index in [9.17, 15) is 18.8 Å². The molecule has 2 aromatic rings. The molecule has 5 nitrogen and oxygen atoms in total. The Hall–Kier alpha value is -3.11. The van der Waals surface area contributed by atoms with Gasteiger partial charge in [-0.15, -0.1) is 0 Å². The molecule has 0 saturated carbocycles. The first-order valence-electron chi connectivity index (χ1n) is 7.71. The molecule has 0 atom stereocenters. The predicted molar refractivity (Wildman–Crippen MR) is 96.5 cm³/mol. The van der Waals surface area contributed by atoms with Crippen molar-refractivity contribution in [3.05, 3.63) is 64.2 Å². The van der Waals surface area contributed by atoms with Gasteiger partial charge in [0.05, 0.1) is 12.1 Å². The first kappa shape index (κ1) is 20.2. The van der Waals surface area contributed by atoms with Gasteiger partial charge in [-0.05, 0) is 29.3 Å². The van der Waals surface area contributed by atoms with Crippen molar-refractivity contribution in [3.8, 4) is 17.6 Å². The molecule has 0 fully saturated rings. The summed E-state index contributed by atoms with van der Waals surface area (Å²) in [5.74, 6) is -0.946. The number of ether oxygens (including phenoxy) is 2. The van der Waals surface area contributed by atoms with Gasteiger partial charge >= 0.3 is 6.61 Å². The molecule has 0 aliphatic heterocycles. The second kappa shape index (κ2) is 9.55. The van der Waals surface area contributed by atoms with Crippen LogP contribution in [-0.4, -0.2) is 19.6 Å². The minimum Gasteiger partial charge on any atom is -0.493 e. The average molecular weight is 393 g/mol. The molecular formula is C19H15ClF2N2O3. The van der Waals surface area contributed by atoms with Crippen LogP contribution in [0, 0.1) is 11.3 Å². The second-order valence-corrected chi connectivity index (χ2v) is 5.66. The number of amides is 1. The molecule has 0 aliphatic rings. The lowest BCUT2D eigenvalue weighted by Gasteiger charge is -2.12. The fourth-order valence-corrected chi connectivity index (χ4v) is 2.48. The highest BCUT2D eigenvalue weighted by atomic mass is 35.5. The van der Waals surface area contributed by atoms with Gasteiger partial charge < -0.3 is 14.8 Å². The van der Waals surface area contributed by atoms with Crippen LogP contribution in [-0.2, 0) is 11.3 Å². The molecule has 0 aliphatic carbocycles. The highest BCUT2D eigenvalue weighted by molar-refractivity contribution is 6.32. The lowest BCUT2D eigenvalue weighted by molar-refractivity contribution is -0.117. The topological polar surface area (TPSA) is 71.3 Å². The number of carbonyl (C=O) groups excluding carboxylic acids is 1. The zero-order valence-electron chi connectivity index (χ0n) is 14.2. The molecule has 8 heteroatoms. The Balaban J connectivity index is 2.22. The number of methoxy groups -OCH3 is 1. The van der Waals surface area contributed by atoms with E-state index in [1.807, 2.05) is 30.3 Å². The van der Waals surface area contributed by atoms with E-state index in [1.54, 1.807) is 6.07 Å². The van der Waals surface area contributed by atoms with Crippen LogP contribution < -0.4 is 14.8 Å². The number of rotatable bonds is 7. The maximum Gasteiger partial charge on any atom is 0.387 e. The van der Waals surface area contributed by atoms with Crippen molar-refractivity contribution < 1.29 is 23.0 Å². The Morgan fingerprint density at radius 3 is 2.63 bits per heavy atom. The summed E-state index contributed by atoms with van der Waals surface area (Å²) in [6.45, 7) is -2.82. The number of hydrogen-bond acceptors (Lipinski definition) is 4. The number of nitrogens with zero attached hydrogens (tertiary/aromatic N) is 1. The summed E-state index contributed by atoms with van der Waals surface area (Å²) >= 11 is 5.95. The lowest BCUT2D eigenvalue weighted by Crippen LogP contribution is -2.23. The van der Waals surface area contributed by atoms with Gasteiger partial charge in [-0.2, -0.15) is 14.0 Å². The summed E-state index contributed by atoms with van der Waals surface area (Å²) in [5.41, 5.74) is 1.03. The number of benzene rings is 2. The lowest BCUT2D eigenvalue weighted by atomic mass is 10.1. The van der Waals surface area contributed by atoms with Gasteiger partial charge in [-0.25, -0.2) is 0 Å². The standard InChI is InChI=1S/C19H15ClF2N2O3/c1-26-16-9-13(8-15(20)17(16)27-19(21)22)7-14(10-23)18(25)24-11-12-5-3-2-4-6-12/h2-9,19H,11H2,1H3,(H,24,25)/b14-7+. The van der Waals surface area contributed by atoms with Gasteiger partial charge in [-0.3, -0.25) is 4.79 Å². The van der Waals surface area contributed by atoms with E-state index in [-0.39, 0.29) is 28.6 Å². The minimum atomic E-state index is -3.07. The third-order valence-corrected chi connectivity index (χ3v) is 3.71. The molecule has 140 valence electrons. The normalized spacial score (nSPS) is 11.0. The van der Waals surface area contributed by atoms with Crippen LogP contribution in [0.15, 0.2) is 48.0 Å². The molecule has 2 aromatic carbocycles. The number of hydrogen-bond donors (Lipinski definition) is 1. The highest BCUT2D eigenvalue weighted by Gasteiger charge is 2.17. The molecule has 0 bridgehead atoms. The summed E-state index contributed by atoms with van der Waals surface area (Å²) in [6.07, 6.45) is 1.28. The van der Waals surface area contributed by atoms with E-state index in [0.717, 1.165) is 5.56 Å². The van der Waals surface area contributed by atoms with Crippen LogP contribution in [0.5, 0.6) is 11.5 Å². The van der Waals surface area contributed by atoms with Gasteiger partial charge in [0, 0.05) is 6.54 Å². The van der Waals surface area contributed by atoms with Crippen LogP contribution in [0.4, 0.5) is 8.78 Å². The Morgan fingerprint density at radius 1 is 1.33 bits per heavy atom. The smallest absolute Gasteiger partial charge is 0.387 e. The molecular weight excluding hydrogens is 378 g/mol. The Labute approximate surface area is 159 Å². The summed E-state index contributed by atoms with van der Waals surface area (Å²) in [7, 11) is 1.26. The quantitative estimate of drug-likeness (QED) is 0.567. The minimum absolute atomic E-state index is 0.0453. The monoisotopic (exact) mass is 392 g/mol. The molecule has 0 spiro atoms. The van der Waals surface area contributed by atoms with Crippen molar-refractivity contribution in [2.24, 2.45) is 0 Å². The van der Waals surface area contributed by atoms with Crippen molar-refractivity contribution in [2.75, 3.05) is 7.11 Å². The predicted octanol–water partition coefficient (Wildman–Crippen LogP) is 4.17. The molecule has 0 heterocycles. The van der Waals surface area contributed by atoms with Crippen molar-refractivity contribution in [3.63, 3.8) is 0 Å². The van der Waals surface area contributed by atoms with E-state index in [0.29, 0.717) is 5.56 Å². The average Bonchev–Trinajstić information content (AvgIpc) is 2.66. The summed E-state index contributed by atoms with van der Waals surface area (Å²) in [4.78, 5) is 12.2. The van der Waals surface area contributed by atoms with E-state index < -0.39 is 12.5 Å². The van der Waals surface area contributed by atoms with Crippen LogP contribution >= 0.6 is 11.6 Å². The van der Waals surface area contributed by atoms with Crippen molar-refractivity contribution in [1.29, 1.82) is 5.26 Å². The van der Waals surface area contributed by atoms with Gasteiger partial charge in [0.25, 0.3) is 5.91 Å². The molecule has 1 amide bonds.